The average Bonchev–Trinajstić information content (AvgIpc) is 2.58. The summed E-state index contributed by atoms with van der Waals surface area (Å²) in [6.07, 6.45) is 4.43. The van der Waals surface area contributed by atoms with Crippen LogP contribution in [0.25, 0.3) is 10.9 Å². The summed E-state index contributed by atoms with van der Waals surface area (Å²) in [6, 6.07) is 7.56. The smallest absolute Gasteiger partial charge is 0.261 e. The highest BCUT2D eigenvalue weighted by Crippen LogP contribution is 2.26. The molecule has 1 fully saturated rings. The Bertz CT molecular complexity index is 804. The molecular formula is C19H25N3O2. The van der Waals surface area contributed by atoms with Gasteiger partial charge in [-0.05, 0) is 50.7 Å². The van der Waals surface area contributed by atoms with Crippen LogP contribution in [0.2, 0.25) is 0 Å². The van der Waals surface area contributed by atoms with Crippen LogP contribution in [0, 0.1) is 12.8 Å². The van der Waals surface area contributed by atoms with Crippen LogP contribution >= 0.6 is 0 Å². The zero-order valence-electron chi connectivity index (χ0n) is 14.7. The minimum Gasteiger partial charge on any atom is -0.341 e. The molecule has 1 amide bonds. The Balaban J connectivity index is 1.81. The predicted octanol–water partition coefficient (Wildman–Crippen LogP) is 2.74. The number of hydrogen-bond donors (Lipinski definition) is 0. The van der Waals surface area contributed by atoms with Gasteiger partial charge >= 0.3 is 0 Å². The van der Waals surface area contributed by atoms with Crippen LogP contribution < -0.4 is 5.56 Å². The Labute approximate surface area is 142 Å². The molecule has 2 aromatic rings. The van der Waals surface area contributed by atoms with Crippen LogP contribution in [0.4, 0.5) is 0 Å². The second-order valence-corrected chi connectivity index (χ2v) is 6.99. The second-order valence-electron chi connectivity index (χ2n) is 6.99. The molecule has 0 N–H and O–H groups in total. The Hall–Kier alpha value is -2.17. The fraction of sp³-hybridized carbons (Fsp3) is 0.526. The van der Waals surface area contributed by atoms with Crippen molar-refractivity contribution >= 4 is 16.8 Å². The standard InChI is InChI=1S/C19H25N3O2/c1-13-8-10-15(11-9-13)21(3)18(23)12-22-14(2)20-17-7-5-4-6-16(17)19(22)24/h4-7,13,15H,8-12H2,1-3H3. The zero-order valence-corrected chi connectivity index (χ0v) is 14.7. The van der Waals surface area contributed by atoms with E-state index in [4.69, 9.17) is 0 Å². The third-order valence-electron chi connectivity index (χ3n) is 5.27. The number of benzene rings is 1. The van der Waals surface area contributed by atoms with Gasteiger partial charge in [0.1, 0.15) is 12.4 Å². The molecule has 0 atom stereocenters. The summed E-state index contributed by atoms with van der Waals surface area (Å²) >= 11 is 0. The first-order chi connectivity index (χ1) is 11.5. The van der Waals surface area contributed by atoms with E-state index in [-0.39, 0.29) is 24.1 Å². The quantitative estimate of drug-likeness (QED) is 0.871. The number of para-hydroxylation sites is 1. The van der Waals surface area contributed by atoms with E-state index in [2.05, 4.69) is 11.9 Å². The summed E-state index contributed by atoms with van der Waals surface area (Å²) in [5.41, 5.74) is 0.537. The molecule has 0 spiro atoms. The lowest BCUT2D eigenvalue weighted by atomic mass is 9.87. The summed E-state index contributed by atoms with van der Waals surface area (Å²) in [6.45, 7) is 4.11. The van der Waals surface area contributed by atoms with Gasteiger partial charge in [-0.1, -0.05) is 19.1 Å². The largest absolute Gasteiger partial charge is 0.341 e. The number of likely N-dealkylation sites (N-methyl/N-ethyl adjacent to an activating group) is 1. The highest BCUT2D eigenvalue weighted by Gasteiger charge is 2.25. The first-order valence-corrected chi connectivity index (χ1v) is 8.69. The molecule has 0 aliphatic heterocycles. The van der Waals surface area contributed by atoms with E-state index in [9.17, 15) is 9.59 Å². The molecule has 1 aliphatic carbocycles. The maximum atomic E-state index is 12.7. The maximum absolute atomic E-state index is 12.7. The van der Waals surface area contributed by atoms with Crippen molar-refractivity contribution in [3.05, 3.63) is 40.4 Å². The first-order valence-electron chi connectivity index (χ1n) is 8.69. The van der Waals surface area contributed by atoms with Gasteiger partial charge in [-0.2, -0.15) is 0 Å². The van der Waals surface area contributed by atoms with E-state index in [1.54, 1.807) is 13.0 Å². The molecule has 0 saturated heterocycles. The summed E-state index contributed by atoms with van der Waals surface area (Å²) < 4.78 is 1.49. The lowest BCUT2D eigenvalue weighted by molar-refractivity contribution is -0.133. The molecule has 1 heterocycles. The van der Waals surface area contributed by atoms with Gasteiger partial charge in [-0.15, -0.1) is 0 Å². The van der Waals surface area contributed by atoms with E-state index in [1.807, 2.05) is 30.1 Å². The molecule has 5 heteroatoms. The Morgan fingerprint density at radius 3 is 2.62 bits per heavy atom. The Morgan fingerprint density at radius 2 is 1.92 bits per heavy atom. The molecule has 1 aromatic carbocycles. The van der Waals surface area contributed by atoms with Gasteiger partial charge in [0.15, 0.2) is 0 Å². The molecule has 5 nitrogen and oxygen atoms in total. The van der Waals surface area contributed by atoms with Crippen LogP contribution in [-0.4, -0.2) is 33.4 Å². The maximum Gasteiger partial charge on any atom is 0.261 e. The molecular weight excluding hydrogens is 302 g/mol. The van der Waals surface area contributed by atoms with Crippen molar-refractivity contribution in [3.63, 3.8) is 0 Å². The second kappa shape index (κ2) is 6.75. The number of amides is 1. The number of rotatable bonds is 3. The van der Waals surface area contributed by atoms with Gasteiger partial charge in [-0.25, -0.2) is 4.98 Å². The van der Waals surface area contributed by atoms with Gasteiger partial charge in [0, 0.05) is 13.1 Å². The van der Waals surface area contributed by atoms with Crippen LogP contribution in [-0.2, 0) is 11.3 Å². The summed E-state index contributed by atoms with van der Waals surface area (Å²) in [5.74, 6) is 1.31. The van der Waals surface area contributed by atoms with Crippen molar-refractivity contribution in [1.82, 2.24) is 14.5 Å². The van der Waals surface area contributed by atoms with Gasteiger partial charge in [0.2, 0.25) is 5.91 Å². The summed E-state index contributed by atoms with van der Waals surface area (Å²) in [5, 5.41) is 0.560. The number of fused-ring (bicyclic) bond motifs is 1. The van der Waals surface area contributed by atoms with E-state index in [1.165, 1.54) is 17.4 Å². The fourth-order valence-corrected chi connectivity index (χ4v) is 3.55. The van der Waals surface area contributed by atoms with Gasteiger partial charge in [0.05, 0.1) is 10.9 Å². The van der Waals surface area contributed by atoms with Gasteiger partial charge in [-0.3, -0.25) is 14.2 Å². The van der Waals surface area contributed by atoms with Crippen molar-refractivity contribution in [1.29, 1.82) is 0 Å². The third-order valence-corrected chi connectivity index (χ3v) is 5.27. The molecule has 24 heavy (non-hydrogen) atoms. The van der Waals surface area contributed by atoms with Gasteiger partial charge in [0.25, 0.3) is 5.56 Å². The normalized spacial score (nSPS) is 21.0. The number of aromatic nitrogens is 2. The molecule has 0 bridgehead atoms. The third kappa shape index (κ3) is 3.21. The van der Waals surface area contributed by atoms with E-state index >= 15 is 0 Å². The highest BCUT2D eigenvalue weighted by atomic mass is 16.2. The van der Waals surface area contributed by atoms with Crippen LogP contribution in [0.1, 0.15) is 38.4 Å². The molecule has 0 unspecified atom stereocenters. The number of hydrogen-bond acceptors (Lipinski definition) is 3. The van der Waals surface area contributed by atoms with Gasteiger partial charge < -0.3 is 4.90 Å². The van der Waals surface area contributed by atoms with Crippen molar-refractivity contribution in [2.75, 3.05) is 7.05 Å². The number of nitrogens with zero attached hydrogens (tertiary/aromatic N) is 3. The van der Waals surface area contributed by atoms with E-state index in [0.717, 1.165) is 18.8 Å². The summed E-state index contributed by atoms with van der Waals surface area (Å²) in [4.78, 5) is 31.6. The molecule has 1 saturated carbocycles. The molecule has 0 radical (unpaired) electrons. The number of carbonyl (C=O) groups is 1. The predicted molar refractivity (Wildman–Crippen MR) is 94.9 cm³/mol. The SMILES string of the molecule is Cc1nc2ccccc2c(=O)n1CC(=O)N(C)C1CCC(C)CC1. The van der Waals surface area contributed by atoms with Crippen LogP contribution in [0.5, 0.6) is 0 Å². The molecule has 1 aromatic heterocycles. The molecule has 128 valence electrons. The fourth-order valence-electron chi connectivity index (χ4n) is 3.55. The lowest BCUT2D eigenvalue weighted by Crippen LogP contribution is -2.42. The average molecular weight is 327 g/mol. The Morgan fingerprint density at radius 1 is 1.25 bits per heavy atom. The van der Waals surface area contributed by atoms with Crippen molar-refractivity contribution in [2.45, 2.75) is 52.1 Å². The monoisotopic (exact) mass is 327 g/mol. The lowest BCUT2D eigenvalue weighted by Gasteiger charge is -2.33. The molecule has 3 rings (SSSR count). The van der Waals surface area contributed by atoms with E-state index < -0.39 is 0 Å². The number of carbonyl (C=O) groups excluding carboxylic acids is 1. The highest BCUT2D eigenvalue weighted by molar-refractivity contribution is 5.79. The zero-order chi connectivity index (χ0) is 17.3. The topological polar surface area (TPSA) is 55.2 Å². The van der Waals surface area contributed by atoms with Crippen molar-refractivity contribution in [2.24, 2.45) is 5.92 Å². The van der Waals surface area contributed by atoms with Crippen molar-refractivity contribution in [3.8, 4) is 0 Å². The number of aryl methyl sites for hydroxylation is 1. The Kier molecular flexibility index (Phi) is 4.69. The molecule has 1 aliphatic rings. The first kappa shape index (κ1) is 16.7. The minimum atomic E-state index is -0.142. The van der Waals surface area contributed by atoms with Crippen molar-refractivity contribution < 1.29 is 4.79 Å². The summed E-state index contributed by atoms with van der Waals surface area (Å²) in [7, 11) is 1.86. The van der Waals surface area contributed by atoms with Crippen LogP contribution in [0.15, 0.2) is 29.1 Å². The minimum absolute atomic E-state index is 0.0168. The van der Waals surface area contributed by atoms with Crippen LogP contribution in [0.3, 0.4) is 0 Å². The van der Waals surface area contributed by atoms with E-state index in [0.29, 0.717) is 16.7 Å².